The number of para-hydroxylation sites is 1. The van der Waals surface area contributed by atoms with Gasteiger partial charge in [-0.25, -0.2) is 0 Å². The SMILES string of the molecule is CC(C)(C)c1ccnc(-c2[c-]cccc2)n1.[2H]C([2H])(c1ccnc(-c2[c-]ccc3c2oc2ccccc23)n1)C(C)(C)C.[Ir]. The number of nitrogens with zero attached hydrogens (tertiary/aromatic N) is 4. The molecule has 3 aromatic heterocycles. The van der Waals surface area contributed by atoms with Crippen LogP contribution in [0.25, 0.3) is 44.7 Å². The first-order chi connectivity index (χ1) is 19.9. The number of furan rings is 1. The van der Waals surface area contributed by atoms with Gasteiger partial charge >= 0.3 is 0 Å². The summed E-state index contributed by atoms with van der Waals surface area (Å²) in [6.45, 7) is 12.0. The number of hydrogen-bond donors (Lipinski definition) is 0. The van der Waals surface area contributed by atoms with Crippen molar-refractivity contribution in [3.8, 4) is 22.8 Å². The summed E-state index contributed by atoms with van der Waals surface area (Å²) in [5.74, 6) is 1.16. The van der Waals surface area contributed by atoms with E-state index in [2.05, 4.69) is 52.8 Å². The van der Waals surface area contributed by atoms with Gasteiger partial charge in [-0.15, -0.1) is 54.1 Å². The van der Waals surface area contributed by atoms with Crippen LogP contribution in [0.1, 0.15) is 55.7 Å². The molecule has 3 heterocycles. The van der Waals surface area contributed by atoms with Crippen molar-refractivity contribution in [2.24, 2.45) is 5.41 Å². The Morgan fingerprint density at radius 2 is 1.49 bits per heavy atom. The molecule has 0 saturated carbocycles. The van der Waals surface area contributed by atoms with Gasteiger partial charge < -0.3 is 4.42 Å². The monoisotopic (exact) mass is 721 g/mol. The molecular weight excluding hydrogens is 685 g/mol. The van der Waals surface area contributed by atoms with Gasteiger partial charge in [-0.1, -0.05) is 70.7 Å². The quantitative estimate of drug-likeness (QED) is 0.171. The van der Waals surface area contributed by atoms with E-state index >= 15 is 0 Å². The molecule has 0 N–H and O–H groups in total. The zero-order valence-corrected chi connectivity index (χ0v) is 26.5. The minimum atomic E-state index is -1.59. The van der Waals surface area contributed by atoms with E-state index in [1.54, 1.807) is 12.3 Å². The zero-order valence-electron chi connectivity index (χ0n) is 26.1. The second kappa shape index (κ2) is 12.4. The van der Waals surface area contributed by atoms with Crippen molar-refractivity contribution in [1.29, 1.82) is 0 Å². The fourth-order valence-corrected chi connectivity index (χ4v) is 4.23. The van der Waals surface area contributed by atoms with E-state index in [9.17, 15) is 0 Å². The first-order valence-electron chi connectivity index (χ1n) is 14.3. The van der Waals surface area contributed by atoms with Gasteiger partial charge in [0.25, 0.3) is 0 Å². The van der Waals surface area contributed by atoms with E-state index in [1.165, 1.54) is 0 Å². The van der Waals surface area contributed by atoms with E-state index < -0.39 is 11.8 Å². The van der Waals surface area contributed by atoms with Crippen LogP contribution in [0.3, 0.4) is 0 Å². The summed E-state index contributed by atoms with van der Waals surface area (Å²) < 4.78 is 23.0. The summed E-state index contributed by atoms with van der Waals surface area (Å²) in [6, 6.07) is 29.3. The smallest absolute Gasteiger partial charge is 0.120 e. The van der Waals surface area contributed by atoms with Crippen molar-refractivity contribution in [1.82, 2.24) is 19.9 Å². The van der Waals surface area contributed by atoms with Gasteiger partial charge in [-0.3, -0.25) is 19.9 Å². The van der Waals surface area contributed by atoms with Crippen molar-refractivity contribution < 1.29 is 27.3 Å². The van der Waals surface area contributed by atoms with Crippen LogP contribution in [-0.2, 0) is 31.9 Å². The maximum atomic E-state index is 8.47. The van der Waals surface area contributed by atoms with Crippen molar-refractivity contribution >= 4 is 21.9 Å². The first kappa shape index (κ1) is 27.4. The maximum absolute atomic E-state index is 8.47. The van der Waals surface area contributed by atoms with Gasteiger partial charge in [0.2, 0.25) is 0 Å². The predicted octanol–water partition coefficient (Wildman–Crippen LogP) is 8.67. The topological polar surface area (TPSA) is 64.7 Å². The molecule has 0 amide bonds. The number of benzene rings is 3. The van der Waals surface area contributed by atoms with E-state index in [0.29, 0.717) is 22.7 Å². The molecule has 211 valence electrons. The Balaban J connectivity index is 0.000000215. The van der Waals surface area contributed by atoms with Gasteiger partial charge in [0.05, 0.1) is 17.2 Å². The molecule has 6 rings (SSSR count). The molecule has 6 heteroatoms. The largest absolute Gasteiger partial charge is 0.501 e. The fraction of sp³-hybridized carbons (Fsp3) is 0.257. The molecule has 5 nitrogen and oxygen atoms in total. The van der Waals surface area contributed by atoms with Gasteiger partial charge in [0, 0.05) is 57.4 Å². The standard InChI is InChI=1S/C21H19N2O.C14H15N2.Ir/c1-21(2,3)13-14-11-12-22-20(23-14)17-9-6-8-16-15-7-4-5-10-18(15)24-19(16)17;1-14(2,3)12-9-10-15-13(16-12)11-7-5-4-6-8-11;/h4-8,10-12H,13H2,1-3H3;4-7,9-10H,1-3H3;/q2*-1;/i13D2;;. The molecule has 0 aliphatic rings. The molecule has 0 atom stereocenters. The minimum Gasteiger partial charge on any atom is -0.501 e. The Hall–Kier alpha value is -3.73. The maximum Gasteiger partial charge on any atom is 0.120 e. The second-order valence-electron chi connectivity index (χ2n) is 11.6. The van der Waals surface area contributed by atoms with Crippen LogP contribution >= 0.6 is 0 Å². The molecule has 3 aromatic carbocycles. The summed E-state index contributed by atoms with van der Waals surface area (Å²) in [5.41, 5.74) is 3.91. The Labute approximate surface area is 258 Å². The summed E-state index contributed by atoms with van der Waals surface area (Å²) >= 11 is 0. The zero-order chi connectivity index (χ0) is 30.1. The summed E-state index contributed by atoms with van der Waals surface area (Å²) in [7, 11) is 0. The van der Waals surface area contributed by atoms with Gasteiger partial charge in [-0.2, -0.15) is 0 Å². The van der Waals surface area contributed by atoms with E-state index in [0.717, 1.165) is 33.4 Å². The third-order valence-electron chi connectivity index (χ3n) is 6.09. The van der Waals surface area contributed by atoms with Gasteiger partial charge in [0.1, 0.15) is 5.58 Å². The molecule has 0 bridgehead atoms. The van der Waals surface area contributed by atoms with Crippen LogP contribution in [-0.4, -0.2) is 19.9 Å². The summed E-state index contributed by atoms with van der Waals surface area (Å²) in [5, 5.41) is 2.00. The molecule has 0 aliphatic heterocycles. The molecule has 0 unspecified atom stereocenters. The molecule has 0 aliphatic carbocycles. The normalized spacial score (nSPS) is 12.6. The second-order valence-corrected chi connectivity index (χ2v) is 11.6. The average molecular weight is 721 g/mol. The van der Waals surface area contributed by atoms with Crippen LogP contribution in [0.4, 0.5) is 0 Å². The molecule has 1 radical (unpaired) electrons. The van der Waals surface area contributed by atoms with Crippen molar-refractivity contribution in [3.63, 3.8) is 0 Å². The van der Waals surface area contributed by atoms with Crippen molar-refractivity contribution in [2.75, 3.05) is 0 Å². The van der Waals surface area contributed by atoms with E-state index in [4.69, 9.17) is 7.16 Å². The molecule has 0 fully saturated rings. The van der Waals surface area contributed by atoms with E-state index in [-0.39, 0.29) is 25.5 Å². The first-order valence-corrected chi connectivity index (χ1v) is 13.3. The average Bonchev–Trinajstić information content (AvgIpc) is 3.36. The third kappa shape index (κ3) is 7.32. The minimum absolute atomic E-state index is 0. The van der Waals surface area contributed by atoms with Gasteiger partial charge in [-0.05, 0) is 30.0 Å². The van der Waals surface area contributed by atoms with Crippen LogP contribution in [0.2, 0.25) is 0 Å². The molecular formula is C35H34IrN4O-2. The molecule has 0 spiro atoms. The summed E-state index contributed by atoms with van der Waals surface area (Å²) in [6.07, 6.45) is 1.81. The van der Waals surface area contributed by atoms with Crippen LogP contribution in [0.15, 0.2) is 89.6 Å². The number of fused-ring (bicyclic) bond motifs is 3. The molecule has 0 saturated heterocycles. The third-order valence-corrected chi connectivity index (χ3v) is 6.09. The Morgan fingerprint density at radius 1 is 0.756 bits per heavy atom. The predicted molar refractivity (Wildman–Crippen MR) is 162 cm³/mol. The molecule has 41 heavy (non-hydrogen) atoms. The number of rotatable bonds is 3. The van der Waals surface area contributed by atoms with Crippen molar-refractivity contribution in [3.05, 3.63) is 109 Å². The number of hydrogen-bond acceptors (Lipinski definition) is 5. The fourth-order valence-electron chi connectivity index (χ4n) is 4.23. The van der Waals surface area contributed by atoms with Crippen LogP contribution in [0, 0.1) is 17.5 Å². The molecule has 6 aromatic rings. The van der Waals surface area contributed by atoms with Crippen molar-refractivity contribution in [2.45, 2.75) is 53.3 Å². The van der Waals surface area contributed by atoms with Crippen LogP contribution < -0.4 is 0 Å². The summed E-state index contributed by atoms with van der Waals surface area (Å²) in [4.78, 5) is 17.7. The van der Waals surface area contributed by atoms with Gasteiger partial charge in [0.15, 0.2) is 0 Å². The Kier molecular flexibility index (Phi) is 8.31. The van der Waals surface area contributed by atoms with E-state index in [1.807, 2.05) is 93.7 Å². The number of aromatic nitrogens is 4. The Bertz CT molecular complexity index is 1840. The Morgan fingerprint density at radius 3 is 2.22 bits per heavy atom. The van der Waals surface area contributed by atoms with Crippen LogP contribution in [0.5, 0.6) is 0 Å².